The van der Waals surface area contributed by atoms with Crippen LogP contribution in [0, 0.1) is 17.7 Å². The lowest BCUT2D eigenvalue weighted by atomic mass is 9.75. The summed E-state index contributed by atoms with van der Waals surface area (Å²) in [7, 11) is 0. The first kappa shape index (κ1) is 19.0. The van der Waals surface area contributed by atoms with Crippen LogP contribution in [-0.2, 0) is 17.9 Å². The summed E-state index contributed by atoms with van der Waals surface area (Å²) in [5.74, 6) is 1.02. The number of hydrogen-bond acceptors (Lipinski definition) is 5. The second-order valence-corrected chi connectivity index (χ2v) is 8.17. The fourth-order valence-electron chi connectivity index (χ4n) is 4.70. The minimum Gasteiger partial charge on any atom is -0.467 e. The van der Waals surface area contributed by atoms with Crippen molar-refractivity contribution >= 4 is 5.91 Å². The highest BCUT2D eigenvalue weighted by atomic mass is 19.1. The van der Waals surface area contributed by atoms with E-state index in [1.165, 1.54) is 12.1 Å². The topological polar surface area (TPSA) is 76.2 Å². The molecule has 3 aromatic rings. The number of furan rings is 1. The number of fused-ring (bicyclic) bond motifs is 3. The molecule has 156 valence electrons. The fraction of sp³-hybridized carbons (Fsp3) is 0.409. The molecule has 2 bridgehead atoms. The summed E-state index contributed by atoms with van der Waals surface area (Å²) in [5.41, 5.74) is 1.59. The number of nitrogens with one attached hydrogen (secondary N) is 1. The predicted molar refractivity (Wildman–Crippen MR) is 108 cm³/mol. The highest BCUT2D eigenvalue weighted by molar-refractivity contribution is 5.79. The Morgan fingerprint density at radius 1 is 1.27 bits per heavy atom. The normalized spacial score (nSPS) is 25.4. The lowest BCUT2D eigenvalue weighted by molar-refractivity contribution is -0.133. The summed E-state index contributed by atoms with van der Waals surface area (Å²) in [6, 6.07) is 10.3. The van der Waals surface area contributed by atoms with Crippen molar-refractivity contribution in [2.45, 2.75) is 32.0 Å². The van der Waals surface area contributed by atoms with Crippen molar-refractivity contribution in [3.8, 4) is 11.3 Å². The van der Waals surface area contributed by atoms with Gasteiger partial charge in [0, 0.05) is 18.2 Å². The molecular weight excluding hydrogens is 385 g/mol. The number of benzene rings is 1. The second-order valence-electron chi connectivity index (χ2n) is 8.17. The Bertz CT molecular complexity index is 1000. The van der Waals surface area contributed by atoms with E-state index < -0.39 is 0 Å². The Balaban J connectivity index is 1.19. The van der Waals surface area contributed by atoms with Crippen LogP contribution in [0.15, 0.2) is 53.3 Å². The summed E-state index contributed by atoms with van der Waals surface area (Å²) in [4.78, 5) is 15.1. The van der Waals surface area contributed by atoms with Gasteiger partial charge < -0.3 is 9.73 Å². The quantitative estimate of drug-likeness (QED) is 0.678. The summed E-state index contributed by atoms with van der Waals surface area (Å²) < 4.78 is 20.3. The van der Waals surface area contributed by atoms with Crippen molar-refractivity contribution in [3.63, 3.8) is 0 Å². The maximum absolute atomic E-state index is 13.1. The Kier molecular flexibility index (Phi) is 5.08. The van der Waals surface area contributed by atoms with Gasteiger partial charge in [-0.3, -0.25) is 14.4 Å². The van der Waals surface area contributed by atoms with Gasteiger partial charge >= 0.3 is 0 Å². The fourth-order valence-corrected chi connectivity index (χ4v) is 4.70. The number of halogens is 1. The van der Waals surface area contributed by atoms with E-state index in [2.05, 4.69) is 20.5 Å². The Morgan fingerprint density at radius 3 is 2.87 bits per heavy atom. The van der Waals surface area contributed by atoms with Crippen molar-refractivity contribution in [3.05, 3.63) is 60.4 Å². The number of carbonyl (C=O) groups is 1. The summed E-state index contributed by atoms with van der Waals surface area (Å²) in [6.07, 6.45) is 5.55. The molecule has 6 rings (SSSR count). The van der Waals surface area contributed by atoms with Crippen molar-refractivity contribution in [2.24, 2.45) is 11.8 Å². The monoisotopic (exact) mass is 409 g/mol. The molecule has 2 aromatic heterocycles. The minimum absolute atomic E-state index is 0.0236. The van der Waals surface area contributed by atoms with Gasteiger partial charge in [-0.15, -0.1) is 5.10 Å². The van der Waals surface area contributed by atoms with Gasteiger partial charge in [-0.05, 0) is 61.7 Å². The molecule has 3 fully saturated rings. The molecule has 3 aliphatic rings. The first-order valence-electron chi connectivity index (χ1n) is 10.4. The molecule has 0 radical (unpaired) electrons. The molecule has 1 unspecified atom stereocenters. The van der Waals surface area contributed by atoms with Gasteiger partial charge in [0.05, 0.1) is 31.5 Å². The van der Waals surface area contributed by atoms with Crippen LogP contribution in [0.2, 0.25) is 0 Å². The second kappa shape index (κ2) is 8.02. The highest BCUT2D eigenvalue weighted by Crippen LogP contribution is 2.37. The van der Waals surface area contributed by atoms with Gasteiger partial charge in [0.2, 0.25) is 5.91 Å². The summed E-state index contributed by atoms with van der Waals surface area (Å²) >= 11 is 0. The predicted octanol–water partition coefficient (Wildman–Crippen LogP) is 2.70. The summed E-state index contributed by atoms with van der Waals surface area (Å²) in [5, 5.41) is 11.5. The molecule has 0 saturated carbocycles. The molecule has 0 spiro atoms. The maximum atomic E-state index is 13.1. The van der Waals surface area contributed by atoms with Crippen LogP contribution in [0.5, 0.6) is 0 Å². The van der Waals surface area contributed by atoms with Gasteiger partial charge in [0.25, 0.3) is 0 Å². The molecule has 7 nitrogen and oxygen atoms in total. The number of amides is 1. The van der Waals surface area contributed by atoms with E-state index in [0.717, 1.165) is 49.5 Å². The first-order valence-corrected chi connectivity index (χ1v) is 10.4. The van der Waals surface area contributed by atoms with Crippen molar-refractivity contribution in [1.29, 1.82) is 0 Å². The van der Waals surface area contributed by atoms with E-state index in [4.69, 9.17) is 4.42 Å². The third-order valence-corrected chi connectivity index (χ3v) is 6.31. The van der Waals surface area contributed by atoms with E-state index in [9.17, 15) is 9.18 Å². The highest BCUT2D eigenvalue weighted by Gasteiger charge is 2.43. The van der Waals surface area contributed by atoms with Gasteiger partial charge in [0.1, 0.15) is 17.3 Å². The maximum Gasteiger partial charge on any atom is 0.225 e. The zero-order chi connectivity index (χ0) is 20.5. The average molecular weight is 409 g/mol. The SMILES string of the molecule is O=C(NCc1ccco1)[C@@H]1CN2CC[C@@H]1C[C@@H]2Cn1cc(-c2ccc(F)cc2)nn1. The van der Waals surface area contributed by atoms with Gasteiger partial charge in [-0.2, -0.15) is 0 Å². The third-order valence-electron chi connectivity index (χ3n) is 6.31. The Labute approximate surface area is 173 Å². The first-order chi connectivity index (χ1) is 14.7. The van der Waals surface area contributed by atoms with E-state index in [1.807, 2.05) is 23.0 Å². The molecule has 3 aliphatic heterocycles. The van der Waals surface area contributed by atoms with Crippen LogP contribution in [0.4, 0.5) is 4.39 Å². The Hall–Kier alpha value is -3.00. The zero-order valence-corrected chi connectivity index (χ0v) is 16.6. The molecule has 8 heteroatoms. The van der Waals surface area contributed by atoms with E-state index in [0.29, 0.717) is 18.5 Å². The molecule has 30 heavy (non-hydrogen) atoms. The van der Waals surface area contributed by atoms with Crippen molar-refractivity contribution in [2.75, 3.05) is 13.1 Å². The number of rotatable bonds is 6. The van der Waals surface area contributed by atoms with Crippen LogP contribution >= 0.6 is 0 Å². The molecular formula is C22H24FN5O2. The third kappa shape index (κ3) is 3.87. The lowest BCUT2D eigenvalue weighted by Gasteiger charge is -2.49. The standard InChI is InChI=1S/C22H24FN5O2/c23-17-5-3-15(4-6-17)21-14-28(26-25-21)12-18-10-16-7-8-27(18)13-20(16)22(29)24-11-19-2-1-9-30-19/h1-6,9,14,16,18,20H,7-8,10-13H2,(H,24,29)/t16-,18-,20-/m1/s1. The minimum atomic E-state index is -0.264. The number of nitrogens with zero attached hydrogens (tertiary/aromatic N) is 4. The van der Waals surface area contributed by atoms with Crippen LogP contribution in [0.25, 0.3) is 11.3 Å². The average Bonchev–Trinajstić information content (AvgIpc) is 3.45. The largest absolute Gasteiger partial charge is 0.467 e. The number of piperidine rings is 3. The number of aromatic nitrogens is 3. The number of carbonyl (C=O) groups excluding carboxylic acids is 1. The van der Waals surface area contributed by atoms with Crippen LogP contribution in [-0.4, -0.2) is 44.9 Å². The number of hydrogen-bond donors (Lipinski definition) is 1. The van der Waals surface area contributed by atoms with E-state index in [1.54, 1.807) is 18.4 Å². The van der Waals surface area contributed by atoms with Crippen LogP contribution in [0.1, 0.15) is 18.6 Å². The van der Waals surface area contributed by atoms with Gasteiger partial charge in [-0.1, -0.05) is 5.21 Å². The van der Waals surface area contributed by atoms with Crippen LogP contribution < -0.4 is 5.32 Å². The molecule has 1 amide bonds. The molecule has 1 N–H and O–H groups in total. The molecule has 4 atom stereocenters. The molecule has 3 saturated heterocycles. The lowest BCUT2D eigenvalue weighted by Crippen LogP contribution is -2.57. The Morgan fingerprint density at radius 2 is 2.13 bits per heavy atom. The summed E-state index contributed by atoms with van der Waals surface area (Å²) in [6.45, 7) is 2.96. The smallest absolute Gasteiger partial charge is 0.225 e. The zero-order valence-electron chi connectivity index (χ0n) is 16.6. The van der Waals surface area contributed by atoms with Gasteiger partial charge in [-0.25, -0.2) is 4.39 Å². The molecule has 1 aromatic carbocycles. The van der Waals surface area contributed by atoms with E-state index in [-0.39, 0.29) is 17.6 Å². The molecule has 5 heterocycles. The van der Waals surface area contributed by atoms with Gasteiger partial charge in [0.15, 0.2) is 0 Å². The van der Waals surface area contributed by atoms with E-state index >= 15 is 0 Å². The van der Waals surface area contributed by atoms with Crippen molar-refractivity contribution < 1.29 is 13.6 Å². The van der Waals surface area contributed by atoms with Crippen LogP contribution in [0.3, 0.4) is 0 Å². The van der Waals surface area contributed by atoms with Crippen molar-refractivity contribution in [1.82, 2.24) is 25.2 Å². The molecule has 0 aliphatic carbocycles.